The van der Waals surface area contributed by atoms with Crippen LogP contribution in [0.3, 0.4) is 0 Å². The molecule has 6 nitrogen and oxygen atoms in total. The number of nitrogens with zero attached hydrogens (tertiary/aromatic N) is 4. The average molecular weight is 325 g/mol. The highest BCUT2D eigenvalue weighted by atomic mass is 16.5. The first-order valence-electron chi connectivity index (χ1n) is 8.25. The van der Waals surface area contributed by atoms with Gasteiger partial charge in [0.1, 0.15) is 0 Å². The summed E-state index contributed by atoms with van der Waals surface area (Å²) < 4.78 is 5.12. The number of hydrogen-bond donors (Lipinski definition) is 1. The summed E-state index contributed by atoms with van der Waals surface area (Å²) in [5, 5.41) is 7.17. The zero-order valence-corrected chi connectivity index (χ0v) is 14.2. The van der Waals surface area contributed by atoms with Crippen LogP contribution in [0.1, 0.15) is 23.7 Å². The van der Waals surface area contributed by atoms with Crippen molar-refractivity contribution in [3.05, 3.63) is 53.7 Å². The Bertz CT molecular complexity index is 720. The van der Waals surface area contributed by atoms with E-state index in [1.807, 2.05) is 14.0 Å². The van der Waals surface area contributed by atoms with Crippen molar-refractivity contribution in [3.8, 4) is 0 Å². The van der Waals surface area contributed by atoms with Gasteiger partial charge in [-0.05, 0) is 24.5 Å². The van der Waals surface area contributed by atoms with Crippen LogP contribution in [-0.2, 0) is 6.42 Å². The van der Waals surface area contributed by atoms with E-state index in [-0.39, 0.29) is 0 Å². The molecule has 6 heteroatoms. The Hall–Kier alpha value is -2.63. The lowest BCUT2D eigenvalue weighted by Gasteiger charge is -2.29. The van der Waals surface area contributed by atoms with Gasteiger partial charge in [-0.3, -0.25) is 4.99 Å². The molecule has 0 saturated heterocycles. The predicted octanol–water partition coefficient (Wildman–Crippen LogP) is 2.29. The van der Waals surface area contributed by atoms with Crippen molar-refractivity contribution in [2.24, 2.45) is 4.99 Å². The maximum absolute atomic E-state index is 5.12. The van der Waals surface area contributed by atoms with E-state index in [9.17, 15) is 0 Å². The smallest absolute Gasteiger partial charge is 0.228 e. The van der Waals surface area contributed by atoms with E-state index >= 15 is 0 Å². The Labute approximate surface area is 142 Å². The minimum Gasteiger partial charge on any atom is -0.356 e. The van der Waals surface area contributed by atoms with Crippen molar-refractivity contribution in [1.82, 2.24) is 20.4 Å². The first-order chi connectivity index (χ1) is 11.8. The second kappa shape index (κ2) is 7.77. The van der Waals surface area contributed by atoms with E-state index in [1.54, 1.807) is 0 Å². The Morgan fingerprint density at radius 1 is 1.33 bits per heavy atom. The average Bonchev–Trinajstić information content (AvgIpc) is 3.05. The standard InChI is InChI=1S/C18H23N5O/c1-14-21-17(24-22-14)8-11-20-18(19-2)23-12-9-16(10-13-23)15-6-4-3-5-7-15/h3-7,9H,8,10-13H2,1-2H3,(H,19,20). The zero-order chi connectivity index (χ0) is 16.8. The summed E-state index contributed by atoms with van der Waals surface area (Å²) in [5.41, 5.74) is 2.72. The van der Waals surface area contributed by atoms with Crippen LogP contribution in [0.2, 0.25) is 0 Å². The molecule has 0 unspecified atom stereocenters. The molecule has 1 aliphatic rings. The second-order valence-electron chi connectivity index (χ2n) is 5.75. The van der Waals surface area contributed by atoms with Gasteiger partial charge in [0, 0.05) is 33.1 Å². The van der Waals surface area contributed by atoms with Gasteiger partial charge < -0.3 is 14.7 Å². The largest absolute Gasteiger partial charge is 0.356 e. The van der Waals surface area contributed by atoms with Crippen molar-refractivity contribution in [2.45, 2.75) is 19.8 Å². The molecule has 0 aliphatic carbocycles. The number of aliphatic imine (C=N–C) groups is 1. The van der Waals surface area contributed by atoms with Crippen LogP contribution in [0.15, 0.2) is 45.9 Å². The van der Waals surface area contributed by atoms with Crippen molar-refractivity contribution < 1.29 is 4.52 Å². The molecule has 2 heterocycles. The van der Waals surface area contributed by atoms with E-state index in [4.69, 9.17) is 4.52 Å². The van der Waals surface area contributed by atoms with E-state index in [1.165, 1.54) is 11.1 Å². The van der Waals surface area contributed by atoms with E-state index < -0.39 is 0 Å². The molecule has 3 rings (SSSR count). The topological polar surface area (TPSA) is 66.5 Å². The molecule has 0 radical (unpaired) electrons. The van der Waals surface area contributed by atoms with E-state index in [0.717, 1.165) is 32.0 Å². The molecule has 0 atom stereocenters. The highest BCUT2D eigenvalue weighted by Gasteiger charge is 2.16. The molecule has 0 spiro atoms. The Morgan fingerprint density at radius 3 is 2.79 bits per heavy atom. The summed E-state index contributed by atoms with van der Waals surface area (Å²) >= 11 is 0. The fourth-order valence-electron chi connectivity index (χ4n) is 2.83. The van der Waals surface area contributed by atoms with Gasteiger partial charge in [-0.25, -0.2) is 0 Å². The van der Waals surface area contributed by atoms with Gasteiger partial charge in [0.25, 0.3) is 0 Å². The van der Waals surface area contributed by atoms with Crippen LogP contribution < -0.4 is 5.32 Å². The minimum absolute atomic E-state index is 0.653. The fraction of sp³-hybridized carbons (Fsp3) is 0.389. The van der Waals surface area contributed by atoms with Crippen LogP contribution in [0, 0.1) is 6.92 Å². The maximum Gasteiger partial charge on any atom is 0.228 e. The summed E-state index contributed by atoms with van der Waals surface area (Å²) in [7, 11) is 1.82. The molecule has 1 N–H and O–H groups in total. The molecule has 1 aromatic heterocycles. The quantitative estimate of drug-likeness (QED) is 0.690. The van der Waals surface area contributed by atoms with Crippen molar-refractivity contribution in [2.75, 3.05) is 26.7 Å². The number of benzene rings is 1. The lowest BCUT2D eigenvalue weighted by molar-refractivity contribution is 0.373. The fourth-order valence-corrected chi connectivity index (χ4v) is 2.83. The summed E-state index contributed by atoms with van der Waals surface area (Å²) in [6.45, 7) is 4.37. The lowest BCUT2D eigenvalue weighted by Crippen LogP contribution is -2.44. The molecule has 24 heavy (non-hydrogen) atoms. The molecule has 0 bridgehead atoms. The molecule has 1 aliphatic heterocycles. The molecular weight excluding hydrogens is 302 g/mol. The first kappa shape index (κ1) is 16.2. The van der Waals surface area contributed by atoms with Gasteiger partial charge in [-0.2, -0.15) is 4.98 Å². The molecule has 126 valence electrons. The Kier molecular flexibility index (Phi) is 5.25. The van der Waals surface area contributed by atoms with Crippen LogP contribution in [0.25, 0.3) is 5.57 Å². The first-order valence-corrected chi connectivity index (χ1v) is 8.25. The summed E-state index contributed by atoms with van der Waals surface area (Å²) in [5.74, 6) is 2.24. The monoisotopic (exact) mass is 325 g/mol. The van der Waals surface area contributed by atoms with E-state index in [0.29, 0.717) is 18.1 Å². The normalized spacial score (nSPS) is 15.3. The van der Waals surface area contributed by atoms with Crippen molar-refractivity contribution in [3.63, 3.8) is 0 Å². The third-order valence-corrected chi connectivity index (χ3v) is 4.06. The minimum atomic E-state index is 0.653. The molecule has 1 aromatic carbocycles. The molecule has 0 amide bonds. The van der Waals surface area contributed by atoms with Gasteiger partial charge in [0.2, 0.25) is 5.89 Å². The zero-order valence-electron chi connectivity index (χ0n) is 14.2. The van der Waals surface area contributed by atoms with E-state index in [2.05, 4.69) is 61.8 Å². The van der Waals surface area contributed by atoms with Crippen LogP contribution in [0.5, 0.6) is 0 Å². The number of aromatic nitrogens is 2. The summed E-state index contributed by atoms with van der Waals surface area (Å²) in [4.78, 5) is 10.8. The third kappa shape index (κ3) is 4.01. The number of nitrogens with one attached hydrogen (secondary N) is 1. The second-order valence-corrected chi connectivity index (χ2v) is 5.75. The molecular formula is C18H23N5O. The van der Waals surface area contributed by atoms with Crippen LogP contribution in [0.4, 0.5) is 0 Å². The van der Waals surface area contributed by atoms with Gasteiger partial charge in [0.05, 0.1) is 0 Å². The predicted molar refractivity (Wildman–Crippen MR) is 94.7 cm³/mol. The van der Waals surface area contributed by atoms with Gasteiger partial charge in [-0.15, -0.1) is 0 Å². The number of hydrogen-bond acceptors (Lipinski definition) is 4. The summed E-state index contributed by atoms with van der Waals surface area (Å²) in [6, 6.07) is 10.6. The van der Waals surface area contributed by atoms with Gasteiger partial charge in [0.15, 0.2) is 11.8 Å². The molecule has 0 saturated carbocycles. The van der Waals surface area contributed by atoms with Crippen molar-refractivity contribution in [1.29, 1.82) is 0 Å². The van der Waals surface area contributed by atoms with Gasteiger partial charge in [-0.1, -0.05) is 41.6 Å². The molecule has 0 fully saturated rings. The van der Waals surface area contributed by atoms with Gasteiger partial charge >= 0.3 is 0 Å². The lowest BCUT2D eigenvalue weighted by atomic mass is 10.00. The maximum atomic E-state index is 5.12. The van der Waals surface area contributed by atoms with Crippen LogP contribution >= 0.6 is 0 Å². The molecule has 2 aromatic rings. The number of aryl methyl sites for hydroxylation is 1. The number of guanidine groups is 1. The Morgan fingerprint density at radius 2 is 2.17 bits per heavy atom. The van der Waals surface area contributed by atoms with Crippen molar-refractivity contribution >= 4 is 11.5 Å². The summed E-state index contributed by atoms with van der Waals surface area (Å²) in [6.07, 6.45) is 4.00. The number of rotatable bonds is 4. The highest BCUT2D eigenvalue weighted by Crippen LogP contribution is 2.21. The highest BCUT2D eigenvalue weighted by molar-refractivity contribution is 5.81. The Balaban J connectivity index is 1.53. The SMILES string of the molecule is CN=C(NCCc1nc(C)no1)N1CC=C(c2ccccc2)CC1. The third-order valence-electron chi connectivity index (χ3n) is 4.06. The van der Waals surface area contributed by atoms with Crippen LogP contribution in [-0.4, -0.2) is 47.7 Å².